The molecule has 1 nitrogen and oxygen atoms in total. The quantitative estimate of drug-likeness (QED) is 0.219. The Morgan fingerprint density at radius 2 is 1.30 bits per heavy atom. The van der Waals surface area contributed by atoms with Crippen molar-refractivity contribution in [1.82, 2.24) is 0 Å². The van der Waals surface area contributed by atoms with Gasteiger partial charge in [0, 0.05) is 36.7 Å². The molecule has 0 spiro atoms. The minimum atomic E-state index is -0.0247. The average molecular weight is 532 g/mol. The Labute approximate surface area is 239 Å². The molecule has 1 aromatic heterocycles. The summed E-state index contributed by atoms with van der Waals surface area (Å²) >= 11 is 1.87. The zero-order valence-corrected chi connectivity index (χ0v) is 23.7. The Morgan fingerprint density at radius 1 is 0.600 bits per heavy atom. The standard InChI is InChI=1S/C38H29NS/c1-24-11-8-16-31-36(24)29-23-26(21-22-30(29)38(31,2)3)39(32-17-9-13-25-12-4-5-14-27(25)32)33-18-10-20-35-37(33)28-15-6-7-19-34(28)40-35/h4-23H,1-3H3. The molecule has 1 aliphatic rings. The van der Waals surface area contributed by atoms with Crippen LogP contribution < -0.4 is 4.90 Å². The lowest BCUT2D eigenvalue weighted by atomic mass is 9.82. The summed E-state index contributed by atoms with van der Waals surface area (Å²) in [6.07, 6.45) is 0. The van der Waals surface area contributed by atoms with Crippen LogP contribution in [-0.4, -0.2) is 0 Å². The summed E-state index contributed by atoms with van der Waals surface area (Å²) in [6, 6.07) is 44.9. The van der Waals surface area contributed by atoms with E-state index >= 15 is 0 Å². The largest absolute Gasteiger partial charge is 0.309 e. The van der Waals surface area contributed by atoms with Crippen molar-refractivity contribution in [2.45, 2.75) is 26.2 Å². The van der Waals surface area contributed by atoms with Crippen LogP contribution in [-0.2, 0) is 5.41 Å². The summed E-state index contributed by atoms with van der Waals surface area (Å²) in [7, 11) is 0. The molecule has 1 aliphatic carbocycles. The van der Waals surface area contributed by atoms with Gasteiger partial charge in [0.05, 0.1) is 11.4 Å². The van der Waals surface area contributed by atoms with Gasteiger partial charge in [-0.05, 0) is 76.5 Å². The smallest absolute Gasteiger partial charge is 0.0555 e. The Kier molecular flexibility index (Phi) is 5.02. The molecule has 0 aliphatic heterocycles. The van der Waals surface area contributed by atoms with Gasteiger partial charge in [-0.2, -0.15) is 0 Å². The molecule has 192 valence electrons. The normalized spacial score (nSPS) is 13.6. The maximum atomic E-state index is 2.49. The number of hydrogen-bond donors (Lipinski definition) is 0. The summed E-state index contributed by atoms with van der Waals surface area (Å²) in [5, 5.41) is 5.12. The molecule has 0 amide bonds. The van der Waals surface area contributed by atoms with Crippen LogP contribution >= 0.6 is 11.3 Å². The van der Waals surface area contributed by atoms with E-state index in [1.807, 2.05) is 11.3 Å². The van der Waals surface area contributed by atoms with E-state index < -0.39 is 0 Å². The number of nitrogens with zero attached hydrogens (tertiary/aromatic N) is 1. The number of anilines is 3. The van der Waals surface area contributed by atoms with Crippen molar-refractivity contribution in [2.75, 3.05) is 4.90 Å². The molecule has 0 atom stereocenters. The van der Waals surface area contributed by atoms with Crippen LogP contribution in [0.2, 0.25) is 0 Å². The van der Waals surface area contributed by atoms with Gasteiger partial charge in [-0.1, -0.05) is 98.8 Å². The first-order chi connectivity index (χ1) is 19.5. The fourth-order valence-electron chi connectivity index (χ4n) is 6.87. The Balaban J connectivity index is 1.47. The second-order valence-corrected chi connectivity index (χ2v) is 12.5. The molecule has 7 aromatic rings. The molecule has 0 saturated carbocycles. The van der Waals surface area contributed by atoms with Crippen molar-refractivity contribution in [1.29, 1.82) is 0 Å². The van der Waals surface area contributed by atoms with Gasteiger partial charge in [-0.25, -0.2) is 0 Å². The summed E-state index contributed by atoms with van der Waals surface area (Å²) in [6.45, 7) is 6.96. The zero-order chi connectivity index (χ0) is 27.0. The van der Waals surface area contributed by atoms with Crippen molar-refractivity contribution in [3.8, 4) is 11.1 Å². The summed E-state index contributed by atoms with van der Waals surface area (Å²) in [4.78, 5) is 2.49. The molecule has 0 radical (unpaired) electrons. The fourth-order valence-corrected chi connectivity index (χ4v) is 7.99. The first kappa shape index (κ1) is 23.5. The molecule has 40 heavy (non-hydrogen) atoms. The molecule has 0 bridgehead atoms. The molecule has 0 N–H and O–H groups in total. The van der Waals surface area contributed by atoms with E-state index in [2.05, 4.69) is 147 Å². The Bertz CT molecular complexity index is 2110. The van der Waals surface area contributed by atoms with E-state index in [1.165, 1.54) is 75.8 Å². The van der Waals surface area contributed by atoms with Gasteiger partial charge in [0.25, 0.3) is 0 Å². The number of hydrogen-bond acceptors (Lipinski definition) is 2. The first-order valence-electron chi connectivity index (χ1n) is 14.0. The van der Waals surface area contributed by atoms with Gasteiger partial charge in [-0.3, -0.25) is 0 Å². The summed E-state index contributed by atoms with van der Waals surface area (Å²) in [5.41, 5.74) is 10.5. The number of benzene rings is 6. The lowest BCUT2D eigenvalue weighted by molar-refractivity contribution is 0.660. The highest BCUT2D eigenvalue weighted by molar-refractivity contribution is 7.26. The highest BCUT2D eigenvalue weighted by atomic mass is 32.1. The third-order valence-corrected chi connectivity index (χ3v) is 9.92. The van der Waals surface area contributed by atoms with Crippen LogP contribution in [0.15, 0.2) is 121 Å². The maximum Gasteiger partial charge on any atom is 0.0555 e. The van der Waals surface area contributed by atoms with Crippen LogP contribution in [0.1, 0.15) is 30.5 Å². The van der Waals surface area contributed by atoms with E-state index in [-0.39, 0.29) is 5.41 Å². The van der Waals surface area contributed by atoms with Gasteiger partial charge in [-0.15, -0.1) is 11.3 Å². The molecule has 0 saturated heterocycles. The molecular weight excluding hydrogens is 502 g/mol. The number of aryl methyl sites for hydroxylation is 1. The fraction of sp³-hybridized carbons (Fsp3) is 0.105. The van der Waals surface area contributed by atoms with Gasteiger partial charge in [0.2, 0.25) is 0 Å². The van der Waals surface area contributed by atoms with Crippen LogP contribution in [0.25, 0.3) is 42.1 Å². The van der Waals surface area contributed by atoms with Crippen LogP contribution in [0.3, 0.4) is 0 Å². The predicted octanol–water partition coefficient (Wildman–Crippen LogP) is 11.3. The van der Waals surface area contributed by atoms with Crippen LogP contribution in [0, 0.1) is 6.92 Å². The van der Waals surface area contributed by atoms with Gasteiger partial charge in [0.1, 0.15) is 0 Å². The molecule has 0 unspecified atom stereocenters. The molecule has 2 heteroatoms. The first-order valence-corrected chi connectivity index (χ1v) is 14.8. The number of rotatable bonds is 3. The summed E-state index contributed by atoms with van der Waals surface area (Å²) in [5.74, 6) is 0. The van der Waals surface area contributed by atoms with E-state index in [4.69, 9.17) is 0 Å². The van der Waals surface area contributed by atoms with E-state index in [0.717, 1.165) is 0 Å². The lowest BCUT2D eigenvalue weighted by Gasteiger charge is -2.29. The molecule has 1 heterocycles. The highest BCUT2D eigenvalue weighted by Gasteiger charge is 2.36. The summed E-state index contributed by atoms with van der Waals surface area (Å²) < 4.78 is 2.63. The third-order valence-electron chi connectivity index (χ3n) is 8.78. The van der Waals surface area contributed by atoms with Crippen molar-refractivity contribution in [2.24, 2.45) is 0 Å². The minimum absolute atomic E-state index is 0.0247. The monoisotopic (exact) mass is 531 g/mol. The SMILES string of the molecule is Cc1cccc2c1-c1cc(N(c3cccc4ccccc34)c3cccc4sc5ccccc5c34)ccc1C2(C)C. The van der Waals surface area contributed by atoms with Gasteiger partial charge in [0.15, 0.2) is 0 Å². The van der Waals surface area contributed by atoms with Crippen LogP contribution in [0.5, 0.6) is 0 Å². The minimum Gasteiger partial charge on any atom is -0.309 e. The topological polar surface area (TPSA) is 3.24 Å². The van der Waals surface area contributed by atoms with E-state index in [1.54, 1.807) is 0 Å². The zero-order valence-electron chi connectivity index (χ0n) is 22.9. The third kappa shape index (κ3) is 3.26. The van der Waals surface area contributed by atoms with Gasteiger partial charge >= 0.3 is 0 Å². The Morgan fingerprint density at radius 3 is 2.20 bits per heavy atom. The molecule has 0 fully saturated rings. The van der Waals surface area contributed by atoms with E-state index in [0.29, 0.717) is 0 Å². The van der Waals surface area contributed by atoms with Crippen molar-refractivity contribution < 1.29 is 0 Å². The maximum absolute atomic E-state index is 2.49. The number of thiophene rings is 1. The Hall–Kier alpha value is -4.40. The predicted molar refractivity (Wildman–Crippen MR) is 174 cm³/mol. The highest BCUT2D eigenvalue weighted by Crippen LogP contribution is 2.53. The second kappa shape index (κ2) is 8.55. The lowest BCUT2D eigenvalue weighted by Crippen LogP contribution is -2.15. The second-order valence-electron chi connectivity index (χ2n) is 11.4. The molecular formula is C38H29NS. The van der Waals surface area contributed by atoms with Crippen LogP contribution in [0.4, 0.5) is 17.1 Å². The number of fused-ring (bicyclic) bond motifs is 7. The van der Waals surface area contributed by atoms with Crippen molar-refractivity contribution in [3.63, 3.8) is 0 Å². The van der Waals surface area contributed by atoms with Crippen molar-refractivity contribution >= 4 is 59.3 Å². The van der Waals surface area contributed by atoms with E-state index in [9.17, 15) is 0 Å². The van der Waals surface area contributed by atoms with Crippen molar-refractivity contribution in [3.05, 3.63) is 138 Å². The average Bonchev–Trinajstić information content (AvgIpc) is 3.47. The molecule has 8 rings (SSSR count). The molecule has 6 aromatic carbocycles. The van der Waals surface area contributed by atoms with Gasteiger partial charge < -0.3 is 4.90 Å².